The van der Waals surface area contributed by atoms with Crippen molar-refractivity contribution in [3.05, 3.63) is 24.2 Å². The SMILES string of the molecule is COC(=O)C1CCc2nnc(-c3cccn3C)n2CC1. The molecule has 0 saturated carbocycles. The number of carbonyl (C=O) groups is 1. The van der Waals surface area contributed by atoms with Crippen molar-refractivity contribution in [2.75, 3.05) is 7.11 Å². The minimum atomic E-state index is -0.121. The highest BCUT2D eigenvalue weighted by atomic mass is 16.5. The van der Waals surface area contributed by atoms with Gasteiger partial charge in [-0.3, -0.25) is 4.79 Å². The normalized spacial score (nSPS) is 18.4. The van der Waals surface area contributed by atoms with E-state index in [1.807, 2.05) is 29.9 Å². The number of rotatable bonds is 2. The van der Waals surface area contributed by atoms with E-state index in [1.165, 1.54) is 7.11 Å². The molecule has 106 valence electrons. The van der Waals surface area contributed by atoms with Gasteiger partial charge in [0.2, 0.25) is 0 Å². The van der Waals surface area contributed by atoms with Crippen molar-refractivity contribution in [1.82, 2.24) is 19.3 Å². The molecule has 0 fully saturated rings. The number of methoxy groups -OCH3 is 1. The Labute approximate surface area is 117 Å². The van der Waals surface area contributed by atoms with Gasteiger partial charge in [-0.25, -0.2) is 0 Å². The molecule has 1 aliphatic heterocycles. The number of aryl methyl sites for hydroxylation is 2. The predicted octanol–water partition coefficient (Wildman–Crippen LogP) is 1.41. The van der Waals surface area contributed by atoms with E-state index < -0.39 is 0 Å². The summed E-state index contributed by atoms with van der Waals surface area (Å²) in [4.78, 5) is 11.7. The summed E-state index contributed by atoms with van der Waals surface area (Å²) in [6.45, 7) is 0.753. The Morgan fingerprint density at radius 3 is 2.95 bits per heavy atom. The average Bonchev–Trinajstić information content (AvgIpc) is 2.98. The van der Waals surface area contributed by atoms with Crippen LogP contribution in [0.2, 0.25) is 0 Å². The lowest BCUT2D eigenvalue weighted by Gasteiger charge is -2.11. The molecule has 6 heteroatoms. The summed E-state index contributed by atoms with van der Waals surface area (Å²) in [5.74, 6) is 1.66. The quantitative estimate of drug-likeness (QED) is 0.777. The van der Waals surface area contributed by atoms with Crippen molar-refractivity contribution in [1.29, 1.82) is 0 Å². The molecule has 0 aromatic carbocycles. The fourth-order valence-corrected chi connectivity index (χ4v) is 2.77. The van der Waals surface area contributed by atoms with Crippen molar-refractivity contribution >= 4 is 5.97 Å². The third kappa shape index (κ3) is 2.11. The van der Waals surface area contributed by atoms with Gasteiger partial charge < -0.3 is 13.9 Å². The largest absolute Gasteiger partial charge is 0.469 e. The third-order valence-corrected chi connectivity index (χ3v) is 3.95. The number of aromatic nitrogens is 4. The summed E-state index contributed by atoms with van der Waals surface area (Å²) in [6, 6.07) is 4.02. The first-order chi connectivity index (χ1) is 9.70. The van der Waals surface area contributed by atoms with Crippen LogP contribution in [0.5, 0.6) is 0 Å². The molecular formula is C14H18N4O2. The second-order valence-electron chi connectivity index (χ2n) is 5.14. The number of carbonyl (C=O) groups excluding carboxylic acids is 1. The second-order valence-corrected chi connectivity index (χ2v) is 5.14. The summed E-state index contributed by atoms with van der Waals surface area (Å²) in [5, 5.41) is 8.59. The van der Waals surface area contributed by atoms with Crippen molar-refractivity contribution in [2.45, 2.75) is 25.8 Å². The standard InChI is InChI=1S/C14H18N4O2/c1-17-8-3-4-11(17)13-16-15-12-6-5-10(14(19)20-2)7-9-18(12)13/h3-4,8,10H,5-7,9H2,1-2H3. The van der Waals surface area contributed by atoms with Gasteiger partial charge in [0.1, 0.15) is 5.82 Å². The van der Waals surface area contributed by atoms with E-state index >= 15 is 0 Å². The van der Waals surface area contributed by atoms with Gasteiger partial charge in [-0.05, 0) is 25.0 Å². The van der Waals surface area contributed by atoms with E-state index in [2.05, 4.69) is 14.8 Å². The van der Waals surface area contributed by atoms with Gasteiger partial charge in [0.25, 0.3) is 0 Å². The molecule has 0 saturated heterocycles. The molecule has 1 aliphatic rings. The number of hydrogen-bond donors (Lipinski definition) is 0. The van der Waals surface area contributed by atoms with Crippen LogP contribution in [-0.2, 0) is 29.5 Å². The maximum atomic E-state index is 11.7. The first kappa shape index (κ1) is 12.9. The predicted molar refractivity (Wildman–Crippen MR) is 72.9 cm³/mol. The molecule has 3 rings (SSSR count). The highest BCUT2D eigenvalue weighted by Gasteiger charge is 2.26. The zero-order chi connectivity index (χ0) is 14.1. The van der Waals surface area contributed by atoms with E-state index in [0.717, 1.165) is 43.1 Å². The summed E-state index contributed by atoms with van der Waals surface area (Å²) < 4.78 is 9.00. The highest BCUT2D eigenvalue weighted by Crippen LogP contribution is 2.25. The maximum Gasteiger partial charge on any atom is 0.308 e. The Morgan fingerprint density at radius 1 is 1.40 bits per heavy atom. The molecule has 6 nitrogen and oxygen atoms in total. The molecule has 1 atom stereocenters. The Kier molecular flexibility index (Phi) is 3.30. The van der Waals surface area contributed by atoms with Crippen molar-refractivity contribution < 1.29 is 9.53 Å². The Balaban J connectivity index is 1.89. The molecule has 20 heavy (non-hydrogen) atoms. The number of nitrogens with zero attached hydrogens (tertiary/aromatic N) is 4. The van der Waals surface area contributed by atoms with E-state index in [1.54, 1.807) is 0 Å². The third-order valence-electron chi connectivity index (χ3n) is 3.95. The summed E-state index contributed by atoms with van der Waals surface area (Å²) >= 11 is 0. The van der Waals surface area contributed by atoms with Crippen LogP contribution < -0.4 is 0 Å². The monoisotopic (exact) mass is 274 g/mol. The Bertz CT molecular complexity index is 629. The van der Waals surface area contributed by atoms with Crippen molar-refractivity contribution in [3.8, 4) is 11.5 Å². The van der Waals surface area contributed by atoms with Crippen LogP contribution in [-0.4, -0.2) is 32.4 Å². The summed E-state index contributed by atoms with van der Waals surface area (Å²) in [6.07, 6.45) is 4.30. The molecule has 2 aromatic heterocycles. The first-order valence-corrected chi connectivity index (χ1v) is 6.82. The molecule has 0 amide bonds. The van der Waals surface area contributed by atoms with Gasteiger partial charge in [0, 0.05) is 26.2 Å². The van der Waals surface area contributed by atoms with Crippen molar-refractivity contribution in [3.63, 3.8) is 0 Å². The van der Waals surface area contributed by atoms with Gasteiger partial charge in [-0.2, -0.15) is 0 Å². The fraction of sp³-hybridized carbons (Fsp3) is 0.500. The average molecular weight is 274 g/mol. The first-order valence-electron chi connectivity index (χ1n) is 6.82. The van der Waals surface area contributed by atoms with E-state index in [0.29, 0.717) is 0 Å². The molecule has 3 heterocycles. The smallest absolute Gasteiger partial charge is 0.308 e. The zero-order valence-electron chi connectivity index (χ0n) is 11.7. The fourth-order valence-electron chi connectivity index (χ4n) is 2.77. The number of hydrogen-bond acceptors (Lipinski definition) is 4. The van der Waals surface area contributed by atoms with Gasteiger partial charge in [0.05, 0.1) is 18.7 Å². The van der Waals surface area contributed by atoms with Crippen LogP contribution in [0.3, 0.4) is 0 Å². The van der Waals surface area contributed by atoms with Crippen LogP contribution in [0.4, 0.5) is 0 Å². The van der Waals surface area contributed by atoms with Gasteiger partial charge in [-0.1, -0.05) is 0 Å². The number of fused-ring (bicyclic) bond motifs is 1. The van der Waals surface area contributed by atoms with Crippen LogP contribution in [0.25, 0.3) is 11.5 Å². The van der Waals surface area contributed by atoms with Gasteiger partial charge in [-0.15, -0.1) is 10.2 Å². The molecule has 0 radical (unpaired) electrons. The van der Waals surface area contributed by atoms with Crippen LogP contribution in [0.15, 0.2) is 18.3 Å². The lowest BCUT2D eigenvalue weighted by atomic mass is 10.0. The van der Waals surface area contributed by atoms with E-state index in [9.17, 15) is 4.79 Å². The maximum absolute atomic E-state index is 11.7. The van der Waals surface area contributed by atoms with Gasteiger partial charge in [0.15, 0.2) is 5.82 Å². The number of esters is 1. The molecule has 2 aromatic rings. The van der Waals surface area contributed by atoms with Crippen LogP contribution >= 0.6 is 0 Å². The van der Waals surface area contributed by atoms with Crippen LogP contribution in [0.1, 0.15) is 18.7 Å². The minimum absolute atomic E-state index is 0.0389. The zero-order valence-corrected chi connectivity index (χ0v) is 11.7. The molecular weight excluding hydrogens is 256 g/mol. The van der Waals surface area contributed by atoms with Gasteiger partial charge >= 0.3 is 5.97 Å². The second kappa shape index (κ2) is 5.11. The molecule has 0 N–H and O–H groups in total. The topological polar surface area (TPSA) is 61.9 Å². The minimum Gasteiger partial charge on any atom is -0.469 e. The molecule has 1 unspecified atom stereocenters. The molecule has 0 aliphatic carbocycles. The highest BCUT2D eigenvalue weighted by molar-refractivity contribution is 5.72. The Morgan fingerprint density at radius 2 is 2.25 bits per heavy atom. The summed E-state index contributed by atoms with van der Waals surface area (Å²) in [7, 11) is 3.44. The van der Waals surface area contributed by atoms with E-state index in [4.69, 9.17) is 4.74 Å². The lowest BCUT2D eigenvalue weighted by Crippen LogP contribution is -2.17. The Hall–Kier alpha value is -2.11. The lowest BCUT2D eigenvalue weighted by molar-refractivity contribution is -0.145. The van der Waals surface area contributed by atoms with Crippen LogP contribution in [0, 0.1) is 5.92 Å². The molecule has 0 bridgehead atoms. The van der Waals surface area contributed by atoms with Crippen molar-refractivity contribution in [2.24, 2.45) is 13.0 Å². The molecule has 0 spiro atoms. The van der Waals surface area contributed by atoms with E-state index in [-0.39, 0.29) is 11.9 Å². The summed E-state index contributed by atoms with van der Waals surface area (Å²) in [5.41, 5.74) is 1.04. The number of ether oxygens (including phenoxy) is 1.